The Labute approximate surface area is 172 Å². The van der Waals surface area contributed by atoms with E-state index in [0.29, 0.717) is 24.8 Å². The van der Waals surface area contributed by atoms with Crippen molar-refractivity contribution in [2.75, 3.05) is 32.7 Å². The van der Waals surface area contributed by atoms with Crippen LogP contribution in [0.3, 0.4) is 0 Å². The van der Waals surface area contributed by atoms with Gasteiger partial charge in [0.2, 0.25) is 5.91 Å². The number of carbonyl (C=O) groups excluding carboxylic acids is 1. The number of nitrogens with zero attached hydrogens (tertiary/aromatic N) is 2. The molecule has 0 bridgehead atoms. The summed E-state index contributed by atoms with van der Waals surface area (Å²) in [5, 5.41) is 0. The summed E-state index contributed by atoms with van der Waals surface area (Å²) in [6.45, 7) is 13.9. The van der Waals surface area contributed by atoms with Crippen molar-refractivity contribution >= 4 is 12.0 Å². The number of carbonyl (C=O) groups is 1. The van der Waals surface area contributed by atoms with Gasteiger partial charge in [0, 0.05) is 26.1 Å². The van der Waals surface area contributed by atoms with E-state index >= 15 is 0 Å². The van der Waals surface area contributed by atoms with Crippen molar-refractivity contribution in [3.05, 3.63) is 42.0 Å². The first-order valence-corrected chi connectivity index (χ1v) is 11.1. The molecular weight excluding hydrogens is 344 g/mol. The van der Waals surface area contributed by atoms with E-state index in [1.807, 2.05) is 18.2 Å². The van der Waals surface area contributed by atoms with Gasteiger partial charge in [0.1, 0.15) is 0 Å². The van der Waals surface area contributed by atoms with Crippen molar-refractivity contribution in [1.29, 1.82) is 0 Å². The highest BCUT2D eigenvalue weighted by atomic mass is 16.2. The first-order chi connectivity index (χ1) is 13.3. The summed E-state index contributed by atoms with van der Waals surface area (Å²) in [4.78, 5) is 17.6. The minimum Gasteiger partial charge on any atom is -0.338 e. The maximum Gasteiger partial charge on any atom is 0.223 e. The van der Waals surface area contributed by atoms with Crippen LogP contribution in [0.5, 0.6) is 0 Å². The van der Waals surface area contributed by atoms with Crippen LogP contribution in [0.25, 0.3) is 6.08 Å². The predicted octanol–water partition coefficient (Wildman–Crippen LogP) is 5.48. The normalized spacial score (nSPS) is 17.0. The van der Waals surface area contributed by atoms with E-state index in [2.05, 4.69) is 61.8 Å². The molecule has 3 nitrogen and oxygen atoms in total. The first kappa shape index (κ1) is 22.7. The van der Waals surface area contributed by atoms with Gasteiger partial charge in [-0.3, -0.25) is 4.79 Å². The molecule has 156 valence electrons. The molecule has 1 saturated heterocycles. The predicted molar refractivity (Wildman–Crippen MR) is 120 cm³/mol. The van der Waals surface area contributed by atoms with E-state index in [1.54, 1.807) is 0 Å². The van der Waals surface area contributed by atoms with E-state index in [-0.39, 0.29) is 5.41 Å². The summed E-state index contributed by atoms with van der Waals surface area (Å²) < 4.78 is 0. The Balaban J connectivity index is 1.93. The Kier molecular flexibility index (Phi) is 9.24. The van der Waals surface area contributed by atoms with Gasteiger partial charge in [0.25, 0.3) is 0 Å². The SMILES string of the molecule is CC(CC(=O)N(C/C=C/c1ccccc1)CCN1CCCCC1)CC(C)(C)C. The zero-order chi connectivity index (χ0) is 20.4. The van der Waals surface area contributed by atoms with Gasteiger partial charge >= 0.3 is 0 Å². The van der Waals surface area contributed by atoms with Crippen molar-refractivity contribution in [2.24, 2.45) is 11.3 Å². The fourth-order valence-electron chi connectivity index (χ4n) is 4.19. The Morgan fingerprint density at radius 2 is 1.82 bits per heavy atom. The number of hydrogen-bond acceptors (Lipinski definition) is 2. The molecule has 2 rings (SSSR count). The molecule has 1 atom stereocenters. The molecule has 0 aliphatic carbocycles. The zero-order valence-electron chi connectivity index (χ0n) is 18.5. The van der Waals surface area contributed by atoms with E-state index < -0.39 is 0 Å². The van der Waals surface area contributed by atoms with E-state index in [4.69, 9.17) is 0 Å². The Hall–Kier alpha value is -1.61. The highest BCUT2D eigenvalue weighted by molar-refractivity contribution is 5.76. The lowest BCUT2D eigenvalue weighted by Gasteiger charge is -2.30. The fourth-order valence-corrected chi connectivity index (χ4v) is 4.19. The van der Waals surface area contributed by atoms with Gasteiger partial charge in [-0.1, -0.05) is 76.6 Å². The van der Waals surface area contributed by atoms with Crippen LogP contribution in [0, 0.1) is 11.3 Å². The number of benzene rings is 1. The molecular formula is C25H40N2O. The fraction of sp³-hybridized carbons (Fsp3) is 0.640. The lowest BCUT2D eigenvalue weighted by Crippen LogP contribution is -2.41. The highest BCUT2D eigenvalue weighted by Gasteiger charge is 2.21. The second kappa shape index (κ2) is 11.4. The third-order valence-electron chi connectivity index (χ3n) is 5.41. The van der Waals surface area contributed by atoms with E-state index in [9.17, 15) is 4.79 Å². The Bertz CT molecular complexity index is 597. The van der Waals surface area contributed by atoms with Crippen LogP contribution in [0.1, 0.15) is 65.4 Å². The monoisotopic (exact) mass is 384 g/mol. The smallest absolute Gasteiger partial charge is 0.223 e. The van der Waals surface area contributed by atoms with Crippen molar-refractivity contribution in [2.45, 2.75) is 59.8 Å². The summed E-state index contributed by atoms with van der Waals surface area (Å²) >= 11 is 0. The van der Waals surface area contributed by atoms with Crippen molar-refractivity contribution in [3.63, 3.8) is 0 Å². The molecule has 1 amide bonds. The molecule has 1 heterocycles. The molecule has 1 aliphatic rings. The van der Waals surface area contributed by atoms with Crippen LogP contribution in [0.2, 0.25) is 0 Å². The van der Waals surface area contributed by atoms with Crippen molar-refractivity contribution in [1.82, 2.24) is 9.80 Å². The van der Waals surface area contributed by atoms with Crippen LogP contribution >= 0.6 is 0 Å². The third-order valence-corrected chi connectivity index (χ3v) is 5.41. The average molecular weight is 385 g/mol. The molecule has 0 radical (unpaired) electrons. The Morgan fingerprint density at radius 3 is 2.46 bits per heavy atom. The minimum absolute atomic E-state index is 0.269. The van der Waals surface area contributed by atoms with Crippen LogP contribution in [0.15, 0.2) is 36.4 Å². The second-order valence-electron chi connectivity index (χ2n) is 9.63. The summed E-state index contributed by atoms with van der Waals surface area (Å²) in [5.74, 6) is 0.717. The molecule has 1 aromatic rings. The number of hydrogen-bond donors (Lipinski definition) is 0. The van der Waals surface area contributed by atoms with Gasteiger partial charge in [-0.25, -0.2) is 0 Å². The summed E-state index contributed by atoms with van der Waals surface area (Å²) in [5.41, 5.74) is 1.46. The molecule has 0 spiro atoms. The Morgan fingerprint density at radius 1 is 1.14 bits per heavy atom. The van der Waals surface area contributed by atoms with Gasteiger partial charge in [-0.15, -0.1) is 0 Å². The lowest BCUT2D eigenvalue weighted by molar-refractivity contribution is -0.132. The van der Waals surface area contributed by atoms with E-state index in [0.717, 1.165) is 19.5 Å². The molecule has 1 fully saturated rings. The largest absolute Gasteiger partial charge is 0.338 e. The quantitative estimate of drug-likeness (QED) is 0.563. The maximum absolute atomic E-state index is 13.0. The average Bonchev–Trinajstić information content (AvgIpc) is 2.64. The molecule has 1 unspecified atom stereocenters. The van der Waals surface area contributed by atoms with Crippen LogP contribution in [0.4, 0.5) is 0 Å². The van der Waals surface area contributed by atoms with Crippen LogP contribution < -0.4 is 0 Å². The summed E-state index contributed by atoms with van der Waals surface area (Å²) in [7, 11) is 0. The number of amides is 1. The van der Waals surface area contributed by atoms with Gasteiger partial charge in [-0.05, 0) is 49.2 Å². The van der Waals surface area contributed by atoms with Crippen LogP contribution in [-0.4, -0.2) is 48.4 Å². The molecule has 1 aromatic carbocycles. The standard InChI is InChI=1S/C25H40N2O/c1-22(21-25(2,3)4)20-24(28)27(19-18-26-15-9-6-10-16-26)17-11-14-23-12-7-5-8-13-23/h5,7-8,11-14,22H,6,9-10,15-21H2,1-4H3/b14-11+. The molecule has 3 heteroatoms. The zero-order valence-corrected chi connectivity index (χ0v) is 18.5. The topological polar surface area (TPSA) is 23.6 Å². The summed E-state index contributed by atoms with van der Waals surface area (Å²) in [6.07, 6.45) is 9.94. The number of piperidine rings is 1. The summed E-state index contributed by atoms with van der Waals surface area (Å²) in [6, 6.07) is 10.3. The molecule has 0 N–H and O–H groups in total. The second-order valence-corrected chi connectivity index (χ2v) is 9.63. The lowest BCUT2D eigenvalue weighted by atomic mass is 9.84. The van der Waals surface area contributed by atoms with E-state index in [1.165, 1.54) is 37.9 Å². The van der Waals surface area contributed by atoms with Gasteiger partial charge in [0.15, 0.2) is 0 Å². The first-order valence-electron chi connectivity index (χ1n) is 11.1. The molecule has 0 saturated carbocycles. The maximum atomic E-state index is 13.0. The van der Waals surface area contributed by atoms with Crippen molar-refractivity contribution < 1.29 is 4.79 Å². The highest BCUT2D eigenvalue weighted by Crippen LogP contribution is 2.26. The van der Waals surface area contributed by atoms with Crippen molar-refractivity contribution in [3.8, 4) is 0 Å². The molecule has 1 aliphatic heterocycles. The van der Waals surface area contributed by atoms with Gasteiger partial charge in [0.05, 0.1) is 0 Å². The van der Waals surface area contributed by atoms with Gasteiger partial charge in [-0.2, -0.15) is 0 Å². The minimum atomic E-state index is 0.269. The molecule has 0 aromatic heterocycles. The number of likely N-dealkylation sites (tertiary alicyclic amines) is 1. The number of rotatable bonds is 9. The van der Waals surface area contributed by atoms with Gasteiger partial charge < -0.3 is 9.80 Å². The third kappa shape index (κ3) is 9.05. The molecule has 28 heavy (non-hydrogen) atoms. The van der Waals surface area contributed by atoms with Crippen LogP contribution in [-0.2, 0) is 4.79 Å².